The molecule has 0 saturated carbocycles. The third-order valence-electron chi connectivity index (χ3n) is 3.03. The lowest BCUT2D eigenvalue weighted by Crippen LogP contribution is -2.26. The van der Waals surface area contributed by atoms with Gasteiger partial charge >= 0.3 is 0 Å². The Morgan fingerprint density at radius 2 is 2.30 bits per heavy atom. The molecule has 20 heavy (non-hydrogen) atoms. The summed E-state index contributed by atoms with van der Waals surface area (Å²) in [5, 5.41) is 11.0. The van der Waals surface area contributed by atoms with Crippen LogP contribution in [-0.2, 0) is 6.54 Å². The molecule has 0 bridgehead atoms. The van der Waals surface area contributed by atoms with E-state index >= 15 is 0 Å². The molecule has 0 aliphatic heterocycles. The summed E-state index contributed by atoms with van der Waals surface area (Å²) >= 11 is 0. The molecule has 0 fully saturated rings. The summed E-state index contributed by atoms with van der Waals surface area (Å²) in [6.07, 6.45) is 3.39. The van der Waals surface area contributed by atoms with Gasteiger partial charge in [-0.05, 0) is 19.1 Å². The van der Waals surface area contributed by atoms with Gasteiger partial charge in [-0.15, -0.1) is 0 Å². The first-order valence-corrected chi connectivity index (χ1v) is 6.21. The van der Waals surface area contributed by atoms with E-state index in [4.69, 9.17) is 0 Å². The Morgan fingerprint density at radius 3 is 3.05 bits per heavy atom. The van der Waals surface area contributed by atoms with Crippen LogP contribution < -0.4 is 0 Å². The van der Waals surface area contributed by atoms with Crippen molar-refractivity contribution in [3.8, 4) is 0 Å². The molecule has 3 heterocycles. The van der Waals surface area contributed by atoms with Crippen molar-refractivity contribution in [2.45, 2.75) is 13.5 Å². The molecule has 7 heteroatoms. The molecule has 3 aromatic rings. The van der Waals surface area contributed by atoms with Crippen LogP contribution in [0.3, 0.4) is 0 Å². The Hall–Kier alpha value is -2.70. The average Bonchev–Trinajstić information content (AvgIpc) is 3.04. The fourth-order valence-electron chi connectivity index (χ4n) is 2.05. The van der Waals surface area contributed by atoms with E-state index in [1.807, 2.05) is 31.3 Å². The number of nitrogens with one attached hydrogen (secondary N) is 1. The number of aryl methyl sites for hydroxylation is 1. The quantitative estimate of drug-likeness (QED) is 0.771. The molecule has 102 valence electrons. The van der Waals surface area contributed by atoms with Crippen LogP contribution in [0.25, 0.3) is 5.52 Å². The fraction of sp³-hybridized carbons (Fsp3) is 0.231. The van der Waals surface area contributed by atoms with Crippen LogP contribution in [0.15, 0.2) is 30.6 Å². The van der Waals surface area contributed by atoms with Crippen LogP contribution in [0.4, 0.5) is 0 Å². The smallest absolute Gasteiger partial charge is 0.257 e. The Bertz CT molecular complexity index is 759. The maximum Gasteiger partial charge on any atom is 0.257 e. The standard InChI is InChI=1S/C13H14N6O/c1-9-15-12(17-16-9)8-18(2)13(20)10-7-14-19-6-4-3-5-11(10)19/h3-7H,8H2,1-2H3,(H,15,16,17). The van der Waals surface area contributed by atoms with Crippen molar-refractivity contribution in [1.82, 2.24) is 29.7 Å². The molecular formula is C13H14N6O. The van der Waals surface area contributed by atoms with E-state index in [9.17, 15) is 4.79 Å². The van der Waals surface area contributed by atoms with E-state index in [0.29, 0.717) is 17.9 Å². The van der Waals surface area contributed by atoms with Gasteiger partial charge in [0.05, 0.1) is 23.8 Å². The highest BCUT2D eigenvalue weighted by atomic mass is 16.2. The summed E-state index contributed by atoms with van der Waals surface area (Å²) in [7, 11) is 1.72. The zero-order valence-corrected chi connectivity index (χ0v) is 11.2. The minimum Gasteiger partial charge on any atom is -0.334 e. The second-order valence-corrected chi connectivity index (χ2v) is 4.59. The molecule has 1 N–H and O–H groups in total. The molecule has 0 unspecified atom stereocenters. The van der Waals surface area contributed by atoms with Gasteiger partial charge in [0.1, 0.15) is 5.82 Å². The van der Waals surface area contributed by atoms with Crippen molar-refractivity contribution < 1.29 is 4.79 Å². The number of hydrogen-bond donors (Lipinski definition) is 1. The van der Waals surface area contributed by atoms with Gasteiger partial charge in [0, 0.05) is 13.2 Å². The van der Waals surface area contributed by atoms with Gasteiger partial charge in [-0.1, -0.05) is 6.07 Å². The molecular weight excluding hydrogens is 256 g/mol. The van der Waals surface area contributed by atoms with Crippen LogP contribution in [0.5, 0.6) is 0 Å². The van der Waals surface area contributed by atoms with Gasteiger partial charge in [0.2, 0.25) is 0 Å². The van der Waals surface area contributed by atoms with Gasteiger partial charge in [-0.3, -0.25) is 9.89 Å². The summed E-state index contributed by atoms with van der Waals surface area (Å²) in [5.41, 5.74) is 1.36. The minimum absolute atomic E-state index is 0.103. The molecule has 0 spiro atoms. The van der Waals surface area contributed by atoms with Crippen molar-refractivity contribution >= 4 is 11.4 Å². The van der Waals surface area contributed by atoms with Gasteiger partial charge < -0.3 is 4.90 Å². The predicted molar refractivity (Wildman–Crippen MR) is 72.1 cm³/mol. The summed E-state index contributed by atoms with van der Waals surface area (Å²) in [6.45, 7) is 2.18. The lowest BCUT2D eigenvalue weighted by molar-refractivity contribution is 0.0783. The SMILES string of the molecule is Cc1nc(CN(C)C(=O)c2cnn3ccccc23)n[nH]1. The zero-order chi connectivity index (χ0) is 14.1. The molecule has 0 aromatic carbocycles. The molecule has 3 rings (SSSR count). The van der Waals surface area contributed by atoms with E-state index < -0.39 is 0 Å². The lowest BCUT2D eigenvalue weighted by Gasteiger charge is -2.14. The van der Waals surface area contributed by atoms with Crippen molar-refractivity contribution in [2.75, 3.05) is 7.05 Å². The summed E-state index contributed by atoms with van der Waals surface area (Å²) in [6, 6.07) is 5.62. The van der Waals surface area contributed by atoms with Crippen molar-refractivity contribution in [3.63, 3.8) is 0 Å². The maximum atomic E-state index is 12.4. The van der Waals surface area contributed by atoms with Crippen LogP contribution in [0, 0.1) is 6.92 Å². The molecule has 3 aromatic heterocycles. The number of pyridine rings is 1. The Morgan fingerprint density at radius 1 is 1.45 bits per heavy atom. The Balaban J connectivity index is 1.84. The molecule has 0 aliphatic rings. The van der Waals surface area contributed by atoms with Crippen LogP contribution in [0.2, 0.25) is 0 Å². The highest BCUT2D eigenvalue weighted by Gasteiger charge is 2.18. The average molecular weight is 270 g/mol. The third-order valence-corrected chi connectivity index (χ3v) is 3.03. The number of H-pyrrole nitrogens is 1. The number of aromatic amines is 1. The van der Waals surface area contributed by atoms with E-state index in [0.717, 1.165) is 11.3 Å². The second-order valence-electron chi connectivity index (χ2n) is 4.59. The molecule has 7 nitrogen and oxygen atoms in total. The number of aromatic nitrogens is 5. The van der Waals surface area contributed by atoms with E-state index in [1.165, 1.54) is 0 Å². The monoisotopic (exact) mass is 270 g/mol. The van der Waals surface area contributed by atoms with Crippen LogP contribution in [0.1, 0.15) is 22.0 Å². The van der Waals surface area contributed by atoms with Crippen LogP contribution in [-0.4, -0.2) is 42.7 Å². The summed E-state index contributed by atoms with van der Waals surface area (Å²) < 4.78 is 1.68. The minimum atomic E-state index is -0.103. The van der Waals surface area contributed by atoms with Crippen molar-refractivity contribution in [3.05, 3.63) is 47.8 Å². The van der Waals surface area contributed by atoms with Gasteiger partial charge in [0.25, 0.3) is 5.91 Å². The first-order chi connectivity index (χ1) is 9.65. The number of hydrogen-bond acceptors (Lipinski definition) is 4. The van der Waals surface area contributed by atoms with E-state index in [-0.39, 0.29) is 5.91 Å². The third kappa shape index (κ3) is 2.13. The molecule has 0 aliphatic carbocycles. The highest BCUT2D eigenvalue weighted by molar-refractivity contribution is 6.00. The summed E-state index contributed by atoms with van der Waals surface area (Å²) in [5.74, 6) is 1.22. The summed E-state index contributed by atoms with van der Waals surface area (Å²) in [4.78, 5) is 18.2. The number of carbonyl (C=O) groups is 1. The van der Waals surface area contributed by atoms with Gasteiger partial charge in [-0.2, -0.15) is 10.2 Å². The first-order valence-electron chi connectivity index (χ1n) is 6.21. The van der Waals surface area contributed by atoms with Crippen molar-refractivity contribution in [1.29, 1.82) is 0 Å². The number of fused-ring (bicyclic) bond motifs is 1. The Kier molecular flexibility index (Phi) is 2.94. The van der Waals surface area contributed by atoms with Gasteiger partial charge in [0.15, 0.2) is 5.82 Å². The molecule has 1 amide bonds. The fourth-order valence-corrected chi connectivity index (χ4v) is 2.05. The number of nitrogens with zero attached hydrogens (tertiary/aromatic N) is 5. The van der Waals surface area contributed by atoms with Crippen LogP contribution >= 0.6 is 0 Å². The number of amides is 1. The highest BCUT2D eigenvalue weighted by Crippen LogP contribution is 2.13. The second kappa shape index (κ2) is 4.76. The molecule has 0 saturated heterocycles. The number of carbonyl (C=O) groups excluding carboxylic acids is 1. The predicted octanol–water partition coefficient (Wildman–Crippen LogP) is 1.03. The van der Waals surface area contributed by atoms with E-state index in [2.05, 4.69) is 20.3 Å². The molecule has 0 atom stereocenters. The number of rotatable bonds is 3. The lowest BCUT2D eigenvalue weighted by atomic mass is 10.2. The zero-order valence-electron chi connectivity index (χ0n) is 11.2. The first kappa shape index (κ1) is 12.3. The van der Waals surface area contributed by atoms with Gasteiger partial charge in [-0.25, -0.2) is 9.50 Å². The largest absolute Gasteiger partial charge is 0.334 e. The normalized spacial score (nSPS) is 10.9. The van der Waals surface area contributed by atoms with Crippen molar-refractivity contribution in [2.24, 2.45) is 0 Å². The van der Waals surface area contributed by atoms with E-state index in [1.54, 1.807) is 22.7 Å². The topological polar surface area (TPSA) is 79.2 Å². The Labute approximate surface area is 115 Å². The molecule has 0 radical (unpaired) electrons. The maximum absolute atomic E-state index is 12.4.